The van der Waals surface area contributed by atoms with Gasteiger partial charge in [0.2, 0.25) is 0 Å². The number of aromatic nitrogens is 4. The van der Waals surface area contributed by atoms with Gasteiger partial charge in [0.05, 0.1) is 30.1 Å². The molecule has 0 aliphatic carbocycles. The lowest BCUT2D eigenvalue weighted by Gasteiger charge is -2.45. The number of rotatable bonds is 8. The van der Waals surface area contributed by atoms with Crippen molar-refractivity contribution in [3.63, 3.8) is 0 Å². The van der Waals surface area contributed by atoms with Gasteiger partial charge < -0.3 is 9.87 Å². The average Bonchev–Trinajstić information content (AvgIpc) is 3.25. The highest BCUT2D eigenvalue weighted by Gasteiger charge is 2.39. The molecule has 4 rings (SSSR count). The smallest absolute Gasteiger partial charge is 0.277 e. The van der Waals surface area contributed by atoms with Crippen molar-refractivity contribution >= 4 is 33.9 Å². The molecule has 3 aromatic heterocycles. The van der Waals surface area contributed by atoms with Crippen LogP contribution in [0.25, 0.3) is 10.9 Å². The van der Waals surface area contributed by atoms with Crippen LogP contribution in [0, 0.1) is 18.3 Å². The fraction of sp³-hybridized carbons (Fsp3) is 0.478. The van der Waals surface area contributed by atoms with Crippen LogP contribution in [0.2, 0.25) is 0 Å². The van der Waals surface area contributed by atoms with Crippen LogP contribution in [-0.2, 0) is 11.4 Å². The van der Waals surface area contributed by atoms with Crippen molar-refractivity contribution in [3.8, 4) is 6.07 Å². The van der Waals surface area contributed by atoms with E-state index in [0.29, 0.717) is 36.2 Å². The summed E-state index contributed by atoms with van der Waals surface area (Å²) in [7, 11) is 0. The third-order valence-corrected chi connectivity index (χ3v) is 7.53. The van der Waals surface area contributed by atoms with Gasteiger partial charge in [0.25, 0.3) is 5.03 Å². The zero-order chi connectivity index (χ0) is 23.4. The molecule has 1 aliphatic rings. The van der Waals surface area contributed by atoms with Crippen molar-refractivity contribution in [1.29, 1.82) is 5.26 Å². The fourth-order valence-corrected chi connectivity index (χ4v) is 5.83. The van der Waals surface area contributed by atoms with Crippen molar-refractivity contribution in [3.05, 3.63) is 36.2 Å². The highest BCUT2D eigenvalue weighted by Crippen LogP contribution is 2.30. The van der Waals surface area contributed by atoms with Crippen molar-refractivity contribution in [2.45, 2.75) is 57.1 Å². The SMILES string of the molecule is CCC1CN([S+]([O-])c2nc(Nc3cc(C)[nH]n3)cc3ncccc23)CC(CC)N1CCC#N. The number of piperazine rings is 1. The van der Waals surface area contributed by atoms with E-state index in [-0.39, 0.29) is 12.1 Å². The molecule has 1 fully saturated rings. The number of aryl methyl sites for hydroxylation is 1. The molecule has 10 heteroatoms. The molecule has 0 aromatic carbocycles. The molecule has 3 unspecified atom stereocenters. The number of fused-ring (bicyclic) bond motifs is 1. The van der Waals surface area contributed by atoms with Crippen LogP contribution in [0.1, 0.15) is 38.8 Å². The van der Waals surface area contributed by atoms with E-state index < -0.39 is 11.4 Å². The van der Waals surface area contributed by atoms with E-state index in [2.05, 4.69) is 45.3 Å². The van der Waals surface area contributed by atoms with E-state index in [4.69, 9.17) is 10.2 Å². The first-order chi connectivity index (χ1) is 16.0. The first-order valence-corrected chi connectivity index (χ1v) is 12.5. The van der Waals surface area contributed by atoms with E-state index in [1.807, 2.05) is 35.5 Å². The summed E-state index contributed by atoms with van der Waals surface area (Å²) < 4.78 is 15.9. The summed E-state index contributed by atoms with van der Waals surface area (Å²) in [6, 6.07) is 10.3. The maximum absolute atomic E-state index is 13.9. The minimum absolute atomic E-state index is 0.249. The van der Waals surface area contributed by atoms with Gasteiger partial charge in [0, 0.05) is 49.1 Å². The quantitative estimate of drug-likeness (QED) is 0.484. The molecule has 0 spiro atoms. The molecule has 0 saturated carbocycles. The summed E-state index contributed by atoms with van der Waals surface area (Å²) in [5.74, 6) is 1.21. The Kier molecular flexibility index (Phi) is 7.45. The Hall–Kier alpha value is -2.71. The summed E-state index contributed by atoms with van der Waals surface area (Å²) in [6.45, 7) is 8.32. The summed E-state index contributed by atoms with van der Waals surface area (Å²) in [5, 5.41) is 20.7. The van der Waals surface area contributed by atoms with Gasteiger partial charge in [0.1, 0.15) is 17.2 Å². The molecule has 3 atom stereocenters. The number of hydrogen-bond donors (Lipinski definition) is 2. The molecule has 3 aromatic rings. The van der Waals surface area contributed by atoms with Crippen LogP contribution in [0.15, 0.2) is 35.5 Å². The number of hydrogen-bond acceptors (Lipinski definition) is 8. The predicted octanol–water partition coefficient (Wildman–Crippen LogP) is 3.52. The molecule has 1 aliphatic heterocycles. The zero-order valence-electron chi connectivity index (χ0n) is 19.3. The molecule has 0 amide bonds. The Labute approximate surface area is 197 Å². The molecule has 4 heterocycles. The second-order valence-electron chi connectivity index (χ2n) is 8.31. The van der Waals surface area contributed by atoms with Gasteiger partial charge in [-0.15, -0.1) is 4.31 Å². The van der Waals surface area contributed by atoms with Crippen molar-refractivity contribution in [2.75, 3.05) is 25.0 Å². The number of aromatic amines is 1. The van der Waals surface area contributed by atoms with Crippen LogP contribution in [0.5, 0.6) is 0 Å². The van der Waals surface area contributed by atoms with Gasteiger partial charge in [-0.25, -0.2) is 0 Å². The van der Waals surface area contributed by atoms with Crippen LogP contribution < -0.4 is 5.32 Å². The second kappa shape index (κ2) is 10.5. The Morgan fingerprint density at radius 1 is 1.24 bits per heavy atom. The normalized spacial score (nSPS) is 20.6. The third kappa shape index (κ3) is 5.12. The molecular weight excluding hydrogens is 436 g/mol. The Morgan fingerprint density at radius 3 is 2.64 bits per heavy atom. The van der Waals surface area contributed by atoms with Gasteiger partial charge in [-0.3, -0.25) is 15.0 Å². The minimum atomic E-state index is -1.45. The number of pyridine rings is 2. The average molecular weight is 467 g/mol. The number of nitrogens with one attached hydrogen (secondary N) is 2. The lowest BCUT2D eigenvalue weighted by molar-refractivity contribution is 0.0562. The van der Waals surface area contributed by atoms with Gasteiger partial charge in [-0.1, -0.05) is 13.8 Å². The van der Waals surface area contributed by atoms with Gasteiger partial charge in [-0.05, 0) is 31.9 Å². The molecule has 0 bridgehead atoms. The van der Waals surface area contributed by atoms with Crippen LogP contribution in [0.4, 0.5) is 11.6 Å². The van der Waals surface area contributed by atoms with Gasteiger partial charge in [-0.2, -0.15) is 15.3 Å². The van der Waals surface area contributed by atoms with Crippen LogP contribution >= 0.6 is 0 Å². The molecule has 9 nitrogen and oxygen atoms in total. The fourth-order valence-electron chi connectivity index (χ4n) is 4.44. The molecule has 1 saturated heterocycles. The standard InChI is InChI=1S/C23H30N8OS/c1-4-17-14-30(15-18(5-2)31(17)11-7-9-24)33(32)23-19-8-6-10-25-20(19)13-21(27-23)26-22-12-16(3)28-29-22/h6,8,10,12-13,17-18H,4-5,7,11,14-15H2,1-3H3,(H2,26,27,28,29). The predicted molar refractivity (Wildman–Crippen MR) is 129 cm³/mol. The number of H-pyrrole nitrogens is 1. The van der Waals surface area contributed by atoms with E-state index in [9.17, 15) is 4.55 Å². The first-order valence-electron chi connectivity index (χ1n) is 11.4. The van der Waals surface area contributed by atoms with Gasteiger partial charge >= 0.3 is 0 Å². The largest absolute Gasteiger partial charge is 0.591 e. The topological polar surface area (TPSA) is 120 Å². The first kappa shape index (κ1) is 23.4. The monoisotopic (exact) mass is 466 g/mol. The number of anilines is 2. The summed E-state index contributed by atoms with van der Waals surface area (Å²) in [4.78, 5) is 11.7. The number of nitrogens with zero attached hydrogens (tertiary/aromatic N) is 6. The lowest BCUT2D eigenvalue weighted by atomic mass is 10.0. The summed E-state index contributed by atoms with van der Waals surface area (Å²) >= 11 is -1.45. The third-order valence-electron chi connectivity index (χ3n) is 6.12. The Morgan fingerprint density at radius 2 is 2.00 bits per heavy atom. The summed E-state index contributed by atoms with van der Waals surface area (Å²) in [6.07, 6.45) is 4.11. The van der Waals surface area contributed by atoms with E-state index in [0.717, 1.165) is 36.0 Å². The van der Waals surface area contributed by atoms with Crippen LogP contribution in [0.3, 0.4) is 0 Å². The zero-order valence-corrected chi connectivity index (χ0v) is 20.1. The van der Waals surface area contributed by atoms with Crippen molar-refractivity contribution < 1.29 is 4.55 Å². The molecule has 174 valence electrons. The summed E-state index contributed by atoms with van der Waals surface area (Å²) in [5.41, 5.74) is 1.67. The number of nitriles is 1. The highest BCUT2D eigenvalue weighted by molar-refractivity contribution is 7.89. The molecule has 0 radical (unpaired) electrons. The van der Waals surface area contributed by atoms with Crippen molar-refractivity contribution in [1.82, 2.24) is 29.4 Å². The highest BCUT2D eigenvalue weighted by atomic mass is 32.2. The Bertz CT molecular complexity index is 1120. The molecule has 33 heavy (non-hydrogen) atoms. The molecular formula is C23H30N8OS. The van der Waals surface area contributed by atoms with Gasteiger partial charge in [0.15, 0.2) is 5.82 Å². The Balaban J connectivity index is 1.65. The lowest BCUT2D eigenvalue weighted by Crippen LogP contribution is -2.59. The maximum atomic E-state index is 13.9. The van der Waals surface area contributed by atoms with E-state index >= 15 is 0 Å². The minimum Gasteiger partial charge on any atom is -0.591 e. The van der Waals surface area contributed by atoms with E-state index in [1.165, 1.54) is 0 Å². The van der Waals surface area contributed by atoms with Crippen molar-refractivity contribution in [2.24, 2.45) is 0 Å². The van der Waals surface area contributed by atoms with E-state index in [1.54, 1.807) is 6.20 Å². The van der Waals surface area contributed by atoms with Crippen LogP contribution in [-0.4, -0.2) is 65.6 Å². The second-order valence-corrected chi connectivity index (χ2v) is 9.71. The maximum Gasteiger partial charge on any atom is 0.277 e. The molecule has 2 N–H and O–H groups in total.